The van der Waals surface area contributed by atoms with E-state index < -0.39 is 6.10 Å². The number of hydrogen-bond donors (Lipinski definition) is 1. The van der Waals surface area contributed by atoms with Crippen LogP contribution in [0.5, 0.6) is 11.5 Å². The molecule has 0 bridgehead atoms. The fourth-order valence-corrected chi connectivity index (χ4v) is 3.84. The van der Waals surface area contributed by atoms with Crippen molar-refractivity contribution >= 4 is 34.8 Å². The number of ether oxygens (including phenoxy) is 2. The maximum Gasteiger partial charge on any atom is 0.268 e. The summed E-state index contributed by atoms with van der Waals surface area (Å²) in [5, 5.41) is 3.42. The summed E-state index contributed by atoms with van der Waals surface area (Å²) in [5.41, 5.74) is 3.96. The molecule has 33 heavy (non-hydrogen) atoms. The maximum absolute atomic E-state index is 12.9. The second-order valence-corrected chi connectivity index (χ2v) is 8.47. The second kappa shape index (κ2) is 9.55. The van der Waals surface area contributed by atoms with Crippen molar-refractivity contribution in [3.05, 3.63) is 82.4 Å². The minimum Gasteiger partial charge on any atom is -0.483 e. The Bertz CT molecular complexity index is 1210. The van der Waals surface area contributed by atoms with Gasteiger partial charge in [0.15, 0.2) is 12.7 Å². The number of hydrogen-bond acceptors (Lipinski definition) is 4. The van der Waals surface area contributed by atoms with Crippen molar-refractivity contribution in [1.29, 1.82) is 0 Å². The van der Waals surface area contributed by atoms with Gasteiger partial charge in [-0.2, -0.15) is 0 Å². The van der Waals surface area contributed by atoms with Crippen LogP contribution in [0.25, 0.3) is 0 Å². The molecular weight excluding hydrogens is 440 g/mol. The van der Waals surface area contributed by atoms with Gasteiger partial charge in [0.1, 0.15) is 11.5 Å². The van der Waals surface area contributed by atoms with Gasteiger partial charge in [-0.3, -0.25) is 9.59 Å². The number of nitrogens with zero attached hydrogens (tertiary/aromatic N) is 1. The summed E-state index contributed by atoms with van der Waals surface area (Å²) in [7, 11) is 0. The highest BCUT2D eigenvalue weighted by Gasteiger charge is 2.32. The van der Waals surface area contributed by atoms with Crippen molar-refractivity contribution < 1.29 is 19.1 Å². The quantitative estimate of drug-likeness (QED) is 0.538. The summed E-state index contributed by atoms with van der Waals surface area (Å²) >= 11 is 6.32. The number of fused-ring (bicyclic) bond motifs is 1. The van der Waals surface area contributed by atoms with E-state index in [4.69, 9.17) is 21.1 Å². The zero-order valence-corrected chi connectivity index (χ0v) is 19.5. The third-order valence-electron chi connectivity index (χ3n) is 5.44. The van der Waals surface area contributed by atoms with Crippen LogP contribution in [0.4, 0.5) is 11.4 Å². The number of carbonyl (C=O) groups excluding carboxylic acids is 2. The molecule has 1 N–H and O–H groups in total. The molecule has 1 aliphatic rings. The average molecular weight is 465 g/mol. The fraction of sp³-hybridized carbons (Fsp3) is 0.231. The minimum absolute atomic E-state index is 0.128. The van der Waals surface area contributed by atoms with Crippen LogP contribution in [0.15, 0.2) is 60.7 Å². The van der Waals surface area contributed by atoms with E-state index in [-0.39, 0.29) is 18.4 Å². The zero-order chi connectivity index (χ0) is 23.5. The summed E-state index contributed by atoms with van der Waals surface area (Å²) in [5.74, 6) is 0.766. The zero-order valence-electron chi connectivity index (χ0n) is 18.7. The Morgan fingerprint density at radius 3 is 2.70 bits per heavy atom. The normalized spacial score (nSPS) is 15.0. The van der Waals surface area contributed by atoms with E-state index in [0.717, 1.165) is 16.7 Å². The molecule has 3 aromatic carbocycles. The number of carbonyl (C=O) groups is 2. The lowest BCUT2D eigenvalue weighted by Gasteiger charge is -2.33. The molecule has 0 saturated heterocycles. The first kappa shape index (κ1) is 22.7. The molecule has 170 valence electrons. The Balaban J connectivity index is 1.51. The van der Waals surface area contributed by atoms with Crippen molar-refractivity contribution in [1.82, 2.24) is 0 Å². The Kier molecular flexibility index (Phi) is 6.56. The van der Waals surface area contributed by atoms with Gasteiger partial charge in [-0.25, -0.2) is 0 Å². The third kappa shape index (κ3) is 5.12. The van der Waals surface area contributed by atoms with Gasteiger partial charge in [-0.05, 0) is 67.8 Å². The highest BCUT2D eigenvalue weighted by Crippen LogP contribution is 2.37. The molecule has 0 aliphatic carbocycles. The predicted molar refractivity (Wildman–Crippen MR) is 129 cm³/mol. The van der Waals surface area contributed by atoms with Gasteiger partial charge >= 0.3 is 0 Å². The molecule has 7 heteroatoms. The molecule has 2 amide bonds. The van der Waals surface area contributed by atoms with Gasteiger partial charge in [-0.15, -0.1) is 0 Å². The minimum atomic E-state index is -0.619. The van der Waals surface area contributed by atoms with Gasteiger partial charge < -0.3 is 19.7 Å². The van der Waals surface area contributed by atoms with Gasteiger partial charge in [-0.1, -0.05) is 41.9 Å². The molecule has 6 nitrogen and oxygen atoms in total. The molecule has 0 saturated carbocycles. The van der Waals surface area contributed by atoms with E-state index in [1.54, 1.807) is 36.1 Å². The van der Waals surface area contributed by atoms with E-state index in [9.17, 15) is 9.59 Å². The molecule has 4 rings (SSSR count). The number of halogens is 1. The number of anilines is 2. The second-order valence-electron chi connectivity index (χ2n) is 8.06. The molecular formula is C26H25ClN2O4. The van der Waals surface area contributed by atoms with Crippen LogP contribution in [-0.4, -0.2) is 24.5 Å². The molecule has 1 unspecified atom stereocenters. The Morgan fingerprint density at radius 2 is 1.91 bits per heavy atom. The van der Waals surface area contributed by atoms with Gasteiger partial charge in [0, 0.05) is 10.7 Å². The molecule has 0 spiro atoms. The average Bonchev–Trinajstić information content (AvgIpc) is 2.79. The first-order valence-corrected chi connectivity index (χ1v) is 11.0. The van der Waals surface area contributed by atoms with E-state index in [1.807, 2.05) is 50.2 Å². The lowest BCUT2D eigenvalue weighted by molar-refractivity contribution is -0.125. The van der Waals surface area contributed by atoms with E-state index >= 15 is 0 Å². The van der Waals surface area contributed by atoms with Crippen molar-refractivity contribution in [2.24, 2.45) is 0 Å². The van der Waals surface area contributed by atoms with Gasteiger partial charge in [0.2, 0.25) is 0 Å². The summed E-state index contributed by atoms with van der Waals surface area (Å²) in [6.07, 6.45) is -0.619. The van der Waals surface area contributed by atoms with Crippen molar-refractivity contribution in [3.63, 3.8) is 0 Å². The summed E-state index contributed by atoms with van der Waals surface area (Å²) in [6, 6.07) is 18.5. The molecule has 1 atom stereocenters. The van der Waals surface area contributed by atoms with E-state index in [0.29, 0.717) is 34.4 Å². The first-order valence-electron chi connectivity index (χ1n) is 10.7. The summed E-state index contributed by atoms with van der Waals surface area (Å²) in [6.45, 7) is 5.79. The van der Waals surface area contributed by atoms with Crippen LogP contribution in [-0.2, 0) is 16.1 Å². The smallest absolute Gasteiger partial charge is 0.268 e. The van der Waals surface area contributed by atoms with Crippen molar-refractivity contribution in [2.45, 2.75) is 33.4 Å². The van der Waals surface area contributed by atoms with Gasteiger partial charge in [0.05, 0.1) is 12.2 Å². The molecule has 0 fully saturated rings. The standard InChI is InChI=1S/C26H25ClN2O4/c1-16-8-9-17(2)24(12-16)32-15-25(30)28-20-10-11-23-22(13-20)29(26(31)18(3)33-23)14-19-6-4-5-7-21(19)27/h4-13,18H,14-15H2,1-3H3,(H,28,30). The molecule has 0 aromatic heterocycles. The van der Waals surface area contributed by atoms with Crippen LogP contribution < -0.4 is 19.7 Å². The molecule has 1 aliphatic heterocycles. The predicted octanol–water partition coefficient (Wildman–Crippen LogP) is 5.29. The van der Waals surface area contributed by atoms with Gasteiger partial charge in [0.25, 0.3) is 11.8 Å². The lowest BCUT2D eigenvalue weighted by Crippen LogP contribution is -2.44. The number of rotatable bonds is 6. The van der Waals surface area contributed by atoms with Crippen molar-refractivity contribution in [2.75, 3.05) is 16.8 Å². The molecule has 0 radical (unpaired) electrons. The van der Waals surface area contributed by atoms with Crippen LogP contribution in [0.2, 0.25) is 5.02 Å². The third-order valence-corrected chi connectivity index (χ3v) is 5.81. The Hall–Kier alpha value is -3.51. The number of amides is 2. The van der Waals surface area contributed by atoms with Crippen LogP contribution in [0.3, 0.4) is 0 Å². The number of nitrogens with one attached hydrogen (secondary N) is 1. The van der Waals surface area contributed by atoms with Crippen LogP contribution in [0.1, 0.15) is 23.6 Å². The monoisotopic (exact) mass is 464 g/mol. The molecule has 1 heterocycles. The Labute approximate surface area is 198 Å². The largest absolute Gasteiger partial charge is 0.483 e. The topological polar surface area (TPSA) is 67.9 Å². The SMILES string of the molecule is Cc1ccc(C)c(OCC(=O)Nc2ccc3c(c2)N(Cc2ccccc2Cl)C(=O)C(C)O3)c1. The Morgan fingerprint density at radius 1 is 1.12 bits per heavy atom. The van der Waals surface area contributed by atoms with Crippen LogP contribution >= 0.6 is 11.6 Å². The fourth-order valence-electron chi connectivity index (χ4n) is 3.65. The number of benzene rings is 3. The summed E-state index contributed by atoms with van der Waals surface area (Å²) in [4.78, 5) is 27.1. The van der Waals surface area contributed by atoms with Crippen LogP contribution in [0, 0.1) is 13.8 Å². The first-order chi connectivity index (χ1) is 15.8. The van der Waals surface area contributed by atoms with E-state index in [2.05, 4.69) is 5.32 Å². The van der Waals surface area contributed by atoms with E-state index in [1.165, 1.54) is 0 Å². The summed E-state index contributed by atoms with van der Waals surface area (Å²) < 4.78 is 11.5. The lowest BCUT2D eigenvalue weighted by atomic mass is 10.1. The highest BCUT2D eigenvalue weighted by molar-refractivity contribution is 6.31. The maximum atomic E-state index is 12.9. The highest BCUT2D eigenvalue weighted by atomic mass is 35.5. The van der Waals surface area contributed by atoms with Crippen molar-refractivity contribution in [3.8, 4) is 11.5 Å². The number of aryl methyl sites for hydroxylation is 2. The molecule has 3 aromatic rings.